The molecule has 1 N–H and O–H groups in total. The van der Waals surface area contributed by atoms with Crippen molar-refractivity contribution in [2.24, 2.45) is 5.10 Å². The van der Waals surface area contributed by atoms with Gasteiger partial charge in [0.1, 0.15) is 5.69 Å². The van der Waals surface area contributed by atoms with Crippen molar-refractivity contribution in [1.82, 2.24) is 10.4 Å². The minimum atomic E-state index is -0.512. The van der Waals surface area contributed by atoms with Crippen molar-refractivity contribution in [2.45, 2.75) is 0 Å². The number of nitro benzene ring substituents is 1. The third-order valence-electron chi connectivity index (χ3n) is 2.40. The zero-order valence-corrected chi connectivity index (χ0v) is 10.3. The Morgan fingerprint density at radius 1 is 1.25 bits per heavy atom. The van der Waals surface area contributed by atoms with Gasteiger partial charge in [-0.05, 0) is 18.2 Å². The normalized spacial score (nSPS) is 10.4. The predicted molar refractivity (Wildman–Crippen MR) is 72.4 cm³/mol. The maximum Gasteiger partial charge on any atom is 0.289 e. The lowest BCUT2D eigenvalue weighted by molar-refractivity contribution is -0.385. The molecule has 7 heteroatoms. The number of nitro groups is 1. The first kappa shape index (κ1) is 13.3. The fourth-order valence-corrected chi connectivity index (χ4v) is 1.48. The molecule has 0 aliphatic rings. The highest BCUT2D eigenvalue weighted by atomic mass is 16.6. The van der Waals surface area contributed by atoms with E-state index in [-0.39, 0.29) is 11.4 Å². The Morgan fingerprint density at radius 3 is 2.70 bits per heavy atom. The topological polar surface area (TPSA) is 97.5 Å². The number of hydrazone groups is 1. The largest absolute Gasteiger partial charge is 0.289 e. The molecule has 20 heavy (non-hydrogen) atoms. The van der Waals surface area contributed by atoms with Crippen LogP contribution in [0.3, 0.4) is 0 Å². The highest BCUT2D eigenvalue weighted by molar-refractivity contribution is 5.93. The summed E-state index contributed by atoms with van der Waals surface area (Å²) in [5.74, 6) is -0.486. The minimum Gasteiger partial charge on any atom is -0.266 e. The molecule has 0 spiro atoms. The van der Waals surface area contributed by atoms with Gasteiger partial charge in [0, 0.05) is 12.3 Å². The number of nitrogens with one attached hydrogen (secondary N) is 1. The van der Waals surface area contributed by atoms with Crippen molar-refractivity contribution in [1.29, 1.82) is 0 Å². The molecule has 1 aromatic heterocycles. The number of rotatable bonds is 4. The third kappa shape index (κ3) is 3.22. The smallest absolute Gasteiger partial charge is 0.266 e. The number of hydrogen-bond donors (Lipinski definition) is 1. The molecule has 1 heterocycles. The number of pyridine rings is 1. The average Bonchev–Trinajstić information content (AvgIpc) is 2.48. The van der Waals surface area contributed by atoms with Crippen molar-refractivity contribution in [3.8, 4) is 0 Å². The van der Waals surface area contributed by atoms with Crippen molar-refractivity contribution >= 4 is 17.8 Å². The summed E-state index contributed by atoms with van der Waals surface area (Å²) < 4.78 is 0. The van der Waals surface area contributed by atoms with Crippen LogP contribution in [0.15, 0.2) is 53.8 Å². The molecule has 0 bridgehead atoms. The quantitative estimate of drug-likeness (QED) is 0.520. The summed E-state index contributed by atoms with van der Waals surface area (Å²) in [4.78, 5) is 25.8. The molecule has 1 aromatic carbocycles. The van der Waals surface area contributed by atoms with E-state index in [0.717, 1.165) is 0 Å². The molecular weight excluding hydrogens is 260 g/mol. The maximum absolute atomic E-state index is 11.6. The zero-order chi connectivity index (χ0) is 14.4. The Kier molecular flexibility index (Phi) is 4.13. The molecule has 0 atom stereocenters. The molecule has 2 rings (SSSR count). The molecule has 0 saturated heterocycles. The van der Waals surface area contributed by atoms with Gasteiger partial charge in [-0.15, -0.1) is 0 Å². The van der Waals surface area contributed by atoms with Crippen molar-refractivity contribution < 1.29 is 9.72 Å². The van der Waals surface area contributed by atoms with E-state index in [1.165, 1.54) is 30.6 Å². The highest BCUT2D eigenvalue weighted by Gasteiger charge is 2.10. The van der Waals surface area contributed by atoms with Crippen LogP contribution >= 0.6 is 0 Å². The molecule has 2 aromatic rings. The Bertz CT molecular complexity index is 656. The first-order valence-electron chi connectivity index (χ1n) is 5.66. The van der Waals surface area contributed by atoms with Crippen molar-refractivity contribution in [3.05, 3.63) is 70.0 Å². The van der Waals surface area contributed by atoms with Crippen LogP contribution in [0.4, 0.5) is 5.69 Å². The van der Waals surface area contributed by atoms with Crippen molar-refractivity contribution in [3.63, 3.8) is 0 Å². The lowest BCUT2D eigenvalue weighted by Crippen LogP contribution is -2.18. The number of carbonyl (C=O) groups is 1. The standard InChI is InChI=1S/C13H10N4O3/c18-13(11-6-3-4-8-14-11)16-15-9-10-5-1-2-7-12(10)17(19)20/h1-9H,(H,16,18). The van der Waals surface area contributed by atoms with Gasteiger partial charge in [0.2, 0.25) is 0 Å². The predicted octanol–water partition coefficient (Wildman–Crippen LogP) is 1.75. The van der Waals surface area contributed by atoms with Crippen molar-refractivity contribution in [2.75, 3.05) is 0 Å². The van der Waals surface area contributed by atoms with Gasteiger partial charge in [-0.2, -0.15) is 5.10 Å². The number of amides is 1. The SMILES string of the molecule is O=C(NN=Cc1ccccc1[N+](=O)[O-])c1ccccn1. The second-order valence-electron chi connectivity index (χ2n) is 3.73. The van der Waals surface area contributed by atoms with Crippen LogP contribution in [0.5, 0.6) is 0 Å². The van der Waals surface area contributed by atoms with E-state index in [1.54, 1.807) is 24.3 Å². The fraction of sp³-hybridized carbons (Fsp3) is 0. The Labute approximate surface area is 114 Å². The second-order valence-corrected chi connectivity index (χ2v) is 3.73. The van der Waals surface area contributed by atoms with E-state index in [1.807, 2.05) is 0 Å². The zero-order valence-electron chi connectivity index (χ0n) is 10.3. The van der Waals surface area contributed by atoms with E-state index in [9.17, 15) is 14.9 Å². The number of nitrogens with zero attached hydrogens (tertiary/aromatic N) is 3. The van der Waals surface area contributed by atoms with Gasteiger partial charge < -0.3 is 0 Å². The molecule has 0 saturated carbocycles. The maximum atomic E-state index is 11.6. The van der Waals surface area contributed by atoms with Gasteiger partial charge >= 0.3 is 0 Å². The van der Waals surface area contributed by atoms with Crippen LogP contribution in [0, 0.1) is 10.1 Å². The van der Waals surface area contributed by atoms with Gasteiger partial charge in [0.15, 0.2) is 0 Å². The van der Waals surface area contributed by atoms with Gasteiger partial charge in [-0.3, -0.25) is 19.9 Å². The summed E-state index contributed by atoms with van der Waals surface area (Å²) in [7, 11) is 0. The molecule has 0 aliphatic carbocycles. The monoisotopic (exact) mass is 270 g/mol. The van der Waals surface area contributed by atoms with Crippen LogP contribution in [-0.4, -0.2) is 22.0 Å². The number of para-hydroxylation sites is 1. The summed E-state index contributed by atoms with van der Waals surface area (Å²) in [5, 5.41) is 14.5. The van der Waals surface area contributed by atoms with E-state index in [2.05, 4.69) is 15.5 Å². The van der Waals surface area contributed by atoms with Gasteiger partial charge in [0.05, 0.1) is 16.7 Å². The van der Waals surface area contributed by atoms with Gasteiger partial charge in [-0.25, -0.2) is 5.43 Å². The Morgan fingerprint density at radius 2 is 2.00 bits per heavy atom. The molecule has 0 aliphatic heterocycles. The summed E-state index contributed by atoms with van der Waals surface area (Å²) >= 11 is 0. The fourth-order valence-electron chi connectivity index (χ4n) is 1.48. The van der Waals surface area contributed by atoms with Crippen LogP contribution in [0.25, 0.3) is 0 Å². The van der Waals surface area contributed by atoms with Crippen LogP contribution < -0.4 is 5.43 Å². The number of benzene rings is 1. The summed E-state index contributed by atoms with van der Waals surface area (Å²) in [6.45, 7) is 0. The van der Waals surface area contributed by atoms with E-state index in [0.29, 0.717) is 5.56 Å². The Hall–Kier alpha value is -3.09. The minimum absolute atomic E-state index is 0.0802. The summed E-state index contributed by atoms with van der Waals surface area (Å²) in [6.07, 6.45) is 2.71. The molecule has 7 nitrogen and oxygen atoms in total. The van der Waals surface area contributed by atoms with E-state index >= 15 is 0 Å². The van der Waals surface area contributed by atoms with E-state index in [4.69, 9.17) is 0 Å². The molecule has 0 unspecified atom stereocenters. The first-order valence-corrected chi connectivity index (χ1v) is 5.66. The summed E-state index contributed by atoms with van der Waals surface area (Å²) in [5.41, 5.74) is 2.70. The second kappa shape index (κ2) is 6.19. The van der Waals surface area contributed by atoms with Gasteiger partial charge in [0.25, 0.3) is 11.6 Å². The summed E-state index contributed by atoms with van der Waals surface area (Å²) in [6, 6.07) is 11.0. The van der Waals surface area contributed by atoms with Crippen LogP contribution in [0.1, 0.15) is 16.1 Å². The van der Waals surface area contributed by atoms with Crippen LogP contribution in [0.2, 0.25) is 0 Å². The average molecular weight is 270 g/mol. The van der Waals surface area contributed by atoms with Crippen LogP contribution in [-0.2, 0) is 0 Å². The lowest BCUT2D eigenvalue weighted by atomic mass is 10.2. The number of aromatic nitrogens is 1. The highest BCUT2D eigenvalue weighted by Crippen LogP contribution is 2.14. The Balaban J connectivity index is 2.08. The first-order chi connectivity index (χ1) is 9.68. The number of carbonyl (C=O) groups excluding carboxylic acids is 1. The third-order valence-corrected chi connectivity index (χ3v) is 2.40. The lowest BCUT2D eigenvalue weighted by Gasteiger charge is -1.98. The molecular formula is C13H10N4O3. The van der Waals surface area contributed by atoms with E-state index < -0.39 is 10.8 Å². The number of hydrogen-bond acceptors (Lipinski definition) is 5. The molecule has 0 fully saturated rings. The molecule has 1 amide bonds. The van der Waals surface area contributed by atoms with Gasteiger partial charge in [-0.1, -0.05) is 18.2 Å². The molecule has 100 valence electrons. The molecule has 0 radical (unpaired) electrons.